The van der Waals surface area contributed by atoms with Crippen LogP contribution in [0.15, 0.2) is 42.6 Å². The van der Waals surface area contributed by atoms with E-state index < -0.39 is 0 Å². The van der Waals surface area contributed by atoms with Gasteiger partial charge in [-0.1, -0.05) is 31.2 Å². The zero-order valence-electron chi connectivity index (χ0n) is 10.6. The van der Waals surface area contributed by atoms with Crippen LogP contribution < -0.4 is 10.1 Å². The first-order valence-electron chi connectivity index (χ1n) is 6.15. The summed E-state index contributed by atoms with van der Waals surface area (Å²) in [7, 11) is 1.63. The summed E-state index contributed by atoms with van der Waals surface area (Å²) >= 11 is 0. The van der Waals surface area contributed by atoms with Gasteiger partial charge in [-0.25, -0.2) is 4.98 Å². The minimum Gasteiger partial charge on any atom is -0.481 e. The average Bonchev–Trinajstić information content (AvgIpc) is 2.77. The summed E-state index contributed by atoms with van der Waals surface area (Å²) in [5.41, 5.74) is 3.80. The number of ether oxygens (including phenoxy) is 1. The predicted molar refractivity (Wildman–Crippen MR) is 72.0 cm³/mol. The third kappa shape index (κ3) is 1.72. The van der Waals surface area contributed by atoms with Gasteiger partial charge in [0.1, 0.15) is 0 Å². The van der Waals surface area contributed by atoms with Crippen molar-refractivity contribution in [2.24, 2.45) is 0 Å². The molecule has 0 amide bonds. The second kappa shape index (κ2) is 4.33. The van der Waals surface area contributed by atoms with Gasteiger partial charge in [0.15, 0.2) is 0 Å². The molecular formula is C15H16N2O. The van der Waals surface area contributed by atoms with Crippen LogP contribution in [0.25, 0.3) is 0 Å². The van der Waals surface area contributed by atoms with E-state index in [1.807, 2.05) is 12.3 Å². The number of aromatic nitrogens is 1. The molecule has 0 aliphatic carbocycles. The fourth-order valence-corrected chi connectivity index (χ4v) is 2.57. The van der Waals surface area contributed by atoms with Gasteiger partial charge in [0.05, 0.1) is 13.2 Å². The van der Waals surface area contributed by atoms with Gasteiger partial charge in [-0.3, -0.25) is 0 Å². The number of benzene rings is 1. The van der Waals surface area contributed by atoms with Crippen molar-refractivity contribution >= 4 is 5.69 Å². The smallest absolute Gasteiger partial charge is 0.212 e. The standard InChI is InChI=1S/C15H16N2O/c1-10-12-5-3-4-6-13(12)17-15(10)11-7-8-14(18-2)16-9-11/h3-10,15,17H,1-2H3/t10-,15+/m0/s1. The molecule has 1 N–H and O–H groups in total. The fourth-order valence-electron chi connectivity index (χ4n) is 2.57. The van der Waals surface area contributed by atoms with Crippen LogP contribution in [0.4, 0.5) is 5.69 Å². The van der Waals surface area contributed by atoms with E-state index in [2.05, 4.69) is 47.6 Å². The van der Waals surface area contributed by atoms with Gasteiger partial charge in [-0.05, 0) is 17.2 Å². The first kappa shape index (κ1) is 11.1. The Morgan fingerprint density at radius 2 is 2.00 bits per heavy atom. The zero-order chi connectivity index (χ0) is 12.5. The molecule has 92 valence electrons. The molecule has 0 radical (unpaired) electrons. The second-order valence-electron chi connectivity index (χ2n) is 4.63. The van der Waals surface area contributed by atoms with E-state index in [1.54, 1.807) is 7.11 Å². The Balaban J connectivity index is 1.91. The first-order valence-corrected chi connectivity index (χ1v) is 6.15. The molecule has 1 aromatic carbocycles. The molecule has 3 heteroatoms. The highest BCUT2D eigenvalue weighted by Gasteiger charge is 2.29. The molecule has 2 aromatic rings. The molecule has 0 spiro atoms. The number of rotatable bonds is 2. The average molecular weight is 240 g/mol. The van der Waals surface area contributed by atoms with Gasteiger partial charge in [-0.15, -0.1) is 0 Å². The van der Waals surface area contributed by atoms with Gasteiger partial charge in [-0.2, -0.15) is 0 Å². The van der Waals surface area contributed by atoms with Gasteiger partial charge < -0.3 is 10.1 Å². The van der Waals surface area contributed by atoms with Crippen LogP contribution in [0, 0.1) is 0 Å². The van der Waals surface area contributed by atoms with E-state index in [0.29, 0.717) is 17.8 Å². The monoisotopic (exact) mass is 240 g/mol. The van der Waals surface area contributed by atoms with Crippen molar-refractivity contribution in [3.8, 4) is 5.88 Å². The lowest BCUT2D eigenvalue weighted by Gasteiger charge is -2.16. The van der Waals surface area contributed by atoms with Gasteiger partial charge in [0.25, 0.3) is 0 Å². The van der Waals surface area contributed by atoms with E-state index >= 15 is 0 Å². The lowest BCUT2D eigenvalue weighted by molar-refractivity contribution is 0.397. The summed E-state index contributed by atoms with van der Waals surface area (Å²) in [6.45, 7) is 2.24. The van der Waals surface area contributed by atoms with Gasteiger partial charge in [0.2, 0.25) is 5.88 Å². The Kier molecular flexibility index (Phi) is 2.67. The predicted octanol–water partition coefficient (Wildman–Crippen LogP) is 3.36. The maximum atomic E-state index is 5.09. The molecule has 1 aliphatic rings. The van der Waals surface area contributed by atoms with Crippen LogP contribution in [0.1, 0.15) is 30.0 Å². The molecule has 0 fully saturated rings. The SMILES string of the molecule is COc1ccc([C@@H]2Nc3ccccc3[C@@H]2C)cn1. The molecule has 0 saturated carbocycles. The summed E-state index contributed by atoms with van der Waals surface area (Å²) in [6.07, 6.45) is 1.89. The molecular weight excluding hydrogens is 224 g/mol. The number of para-hydroxylation sites is 1. The largest absolute Gasteiger partial charge is 0.481 e. The lowest BCUT2D eigenvalue weighted by atomic mass is 9.93. The third-order valence-electron chi connectivity index (χ3n) is 3.59. The summed E-state index contributed by atoms with van der Waals surface area (Å²) in [4.78, 5) is 4.28. The van der Waals surface area contributed by atoms with Crippen LogP contribution in [0.3, 0.4) is 0 Å². The van der Waals surface area contributed by atoms with Crippen molar-refractivity contribution in [1.29, 1.82) is 0 Å². The van der Waals surface area contributed by atoms with Crippen molar-refractivity contribution in [3.05, 3.63) is 53.7 Å². The van der Waals surface area contributed by atoms with Crippen molar-refractivity contribution in [2.75, 3.05) is 12.4 Å². The molecule has 3 nitrogen and oxygen atoms in total. The lowest BCUT2D eigenvalue weighted by Crippen LogP contribution is -2.09. The number of methoxy groups -OCH3 is 1. The van der Waals surface area contributed by atoms with E-state index in [0.717, 1.165) is 0 Å². The van der Waals surface area contributed by atoms with Crippen molar-refractivity contribution in [3.63, 3.8) is 0 Å². The van der Waals surface area contributed by atoms with E-state index in [9.17, 15) is 0 Å². The quantitative estimate of drug-likeness (QED) is 0.874. The van der Waals surface area contributed by atoms with E-state index in [1.165, 1.54) is 16.8 Å². The third-order valence-corrected chi connectivity index (χ3v) is 3.59. The van der Waals surface area contributed by atoms with Crippen molar-refractivity contribution in [2.45, 2.75) is 18.9 Å². The van der Waals surface area contributed by atoms with Crippen molar-refractivity contribution < 1.29 is 4.74 Å². The van der Waals surface area contributed by atoms with Gasteiger partial charge in [0, 0.05) is 23.9 Å². The van der Waals surface area contributed by atoms with Crippen LogP contribution in [-0.2, 0) is 0 Å². The van der Waals surface area contributed by atoms with Crippen LogP contribution >= 0.6 is 0 Å². The molecule has 1 aliphatic heterocycles. The fraction of sp³-hybridized carbons (Fsp3) is 0.267. The normalized spacial score (nSPS) is 21.2. The highest BCUT2D eigenvalue weighted by atomic mass is 16.5. The number of nitrogens with zero attached hydrogens (tertiary/aromatic N) is 1. The topological polar surface area (TPSA) is 34.1 Å². The van der Waals surface area contributed by atoms with Gasteiger partial charge >= 0.3 is 0 Å². The molecule has 0 unspecified atom stereocenters. The van der Waals surface area contributed by atoms with Crippen LogP contribution in [0.5, 0.6) is 5.88 Å². The summed E-state index contributed by atoms with van der Waals surface area (Å²) in [5, 5.41) is 3.56. The molecule has 3 rings (SSSR count). The van der Waals surface area contributed by atoms with E-state index in [4.69, 9.17) is 4.74 Å². The van der Waals surface area contributed by atoms with E-state index in [-0.39, 0.29) is 0 Å². The Morgan fingerprint density at radius 3 is 2.67 bits per heavy atom. The maximum Gasteiger partial charge on any atom is 0.212 e. The number of nitrogens with one attached hydrogen (secondary N) is 1. The summed E-state index contributed by atoms with van der Waals surface area (Å²) in [6, 6.07) is 12.7. The molecule has 18 heavy (non-hydrogen) atoms. The Bertz CT molecular complexity index is 551. The minimum atomic E-state index is 0.292. The Labute approximate surface area is 107 Å². The number of fused-ring (bicyclic) bond motifs is 1. The molecule has 1 aromatic heterocycles. The highest BCUT2D eigenvalue weighted by molar-refractivity contribution is 5.60. The first-order chi connectivity index (χ1) is 8.79. The second-order valence-corrected chi connectivity index (χ2v) is 4.63. The highest BCUT2D eigenvalue weighted by Crippen LogP contribution is 2.43. The zero-order valence-corrected chi connectivity index (χ0v) is 10.6. The number of hydrogen-bond donors (Lipinski definition) is 1. The van der Waals surface area contributed by atoms with Crippen LogP contribution in [-0.4, -0.2) is 12.1 Å². The number of pyridine rings is 1. The maximum absolute atomic E-state index is 5.09. The van der Waals surface area contributed by atoms with Crippen molar-refractivity contribution in [1.82, 2.24) is 4.98 Å². The Morgan fingerprint density at radius 1 is 1.17 bits per heavy atom. The molecule has 0 bridgehead atoms. The minimum absolute atomic E-state index is 0.292. The Hall–Kier alpha value is -2.03. The number of anilines is 1. The number of hydrogen-bond acceptors (Lipinski definition) is 3. The molecule has 2 atom stereocenters. The van der Waals surface area contributed by atoms with Crippen LogP contribution in [0.2, 0.25) is 0 Å². The summed E-state index contributed by atoms with van der Waals surface area (Å²) in [5.74, 6) is 1.11. The summed E-state index contributed by atoms with van der Waals surface area (Å²) < 4.78 is 5.09. The molecule has 0 saturated heterocycles. The molecule has 2 heterocycles.